The van der Waals surface area contributed by atoms with Gasteiger partial charge in [-0.05, 0) is 0 Å². The number of carbonyl (C=O) groups excluding carboxylic acids is 1. The van der Waals surface area contributed by atoms with E-state index in [1.165, 1.54) is 0 Å². The standard InChI is InChI=1S/C6H10O6/c7-1-2(8)5-3(9)4(10)6(11)12-5/h2-5,7-10H,1H2/t2-,3-,4-,5-/m0/s1. The van der Waals surface area contributed by atoms with E-state index in [-0.39, 0.29) is 0 Å². The molecule has 1 aliphatic rings. The van der Waals surface area contributed by atoms with Crippen LogP contribution in [0.4, 0.5) is 0 Å². The molecule has 0 amide bonds. The van der Waals surface area contributed by atoms with Crippen LogP contribution >= 0.6 is 0 Å². The summed E-state index contributed by atoms with van der Waals surface area (Å²) in [6.07, 6.45) is -5.70. The summed E-state index contributed by atoms with van der Waals surface area (Å²) in [4.78, 5) is 10.6. The number of carbonyl (C=O) groups is 1. The van der Waals surface area contributed by atoms with E-state index < -0.39 is 37.0 Å². The van der Waals surface area contributed by atoms with Crippen molar-refractivity contribution >= 4 is 5.97 Å². The van der Waals surface area contributed by atoms with E-state index in [0.717, 1.165) is 0 Å². The molecule has 0 aromatic rings. The van der Waals surface area contributed by atoms with Crippen LogP contribution in [0.25, 0.3) is 0 Å². The van der Waals surface area contributed by atoms with Crippen molar-refractivity contribution in [1.82, 2.24) is 0 Å². The zero-order valence-electron chi connectivity index (χ0n) is 6.12. The molecule has 4 atom stereocenters. The molecule has 12 heavy (non-hydrogen) atoms. The van der Waals surface area contributed by atoms with Gasteiger partial charge in [0.25, 0.3) is 0 Å². The highest BCUT2D eigenvalue weighted by Gasteiger charge is 2.45. The summed E-state index contributed by atoms with van der Waals surface area (Å²) in [5.41, 5.74) is 0. The number of hydrogen-bond donors (Lipinski definition) is 4. The second-order valence-electron chi connectivity index (χ2n) is 2.59. The van der Waals surface area contributed by atoms with Gasteiger partial charge in [-0.15, -0.1) is 0 Å². The van der Waals surface area contributed by atoms with Crippen molar-refractivity contribution in [2.24, 2.45) is 0 Å². The highest BCUT2D eigenvalue weighted by molar-refractivity contribution is 5.77. The van der Waals surface area contributed by atoms with Gasteiger partial charge in [-0.25, -0.2) is 4.79 Å². The van der Waals surface area contributed by atoms with Crippen molar-refractivity contribution < 1.29 is 30.0 Å². The Morgan fingerprint density at radius 3 is 2.42 bits per heavy atom. The lowest BCUT2D eigenvalue weighted by atomic mass is 10.1. The maximum atomic E-state index is 10.6. The quantitative estimate of drug-likeness (QED) is 0.335. The number of rotatable bonds is 2. The molecule has 1 heterocycles. The first-order chi connectivity index (χ1) is 5.57. The molecule has 0 spiro atoms. The Kier molecular flexibility index (Phi) is 2.63. The van der Waals surface area contributed by atoms with Crippen molar-refractivity contribution in [3.05, 3.63) is 0 Å². The molecule has 0 saturated carbocycles. The molecule has 1 saturated heterocycles. The molecule has 0 radical (unpaired) electrons. The van der Waals surface area contributed by atoms with Crippen molar-refractivity contribution in [3.8, 4) is 0 Å². The predicted molar refractivity (Wildman–Crippen MR) is 35.0 cm³/mol. The van der Waals surface area contributed by atoms with Crippen LogP contribution in [0.15, 0.2) is 0 Å². The van der Waals surface area contributed by atoms with Crippen LogP contribution in [0.5, 0.6) is 0 Å². The van der Waals surface area contributed by atoms with Crippen molar-refractivity contribution in [3.63, 3.8) is 0 Å². The number of aliphatic hydroxyl groups excluding tert-OH is 4. The molecule has 6 nitrogen and oxygen atoms in total. The number of hydrogen-bond acceptors (Lipinski definition) is 6. The second-order valence-corrected chi connectivity index (χ2v) is 2.59. The molecule has 0 aliphatic carbocycles. The average molecular weight is 178 g/mol. The molecule has 6 heteroatoms. The van der Waals surface area contributed by atoms with Gasteiger partial charge in [0.1, 0.15) is 12.2 Å². The predicted octanol–water partition coefficient (Wildman–Crippen LogP) is -3.01. The lowest BCUT2D eigenvalue weighted by molar-refractivity contribution is -0.151. The van der Waals surface area contributed by atoms with E-state index >= 15 is 0 Å². The molecule has 1 aliphatic heterocycles. The van der Waals surface area contributed by atoms with E-state index in [1.807, 2.05) is 0 Å². The van der Waals surface area contributed by atoms with E-state index in [9.17, 15) is 4.79 Å². The molecule has 1 fully saturated rings. The Labute approximate surface area is 68.0 Å². The SMILES string of the molecule is O=C1O[C@@H]([C@@H](O)CO)[C@@H](O)[C@@H]1O. The largest absolute Gasteiger partial charge is 0.455 e. The third-order valence-corrected chi connectivity index (χ3v) is 1.72. The Morgan fingerprint density at radius 2 is 2.08 bits per heavy atom. The van der Waals surface area contributed by atoms with E-state index in [0.29, 0.717) is 0 Å². The minimum absolute atomic E-state index is 0.637. The maximum Gasteiger partial charge on any atom is 0.338 e. The Morgan fingerprint density at radius 1 is 1.50 bits per heavy atom. The molecule has 0 bridgehead atoms. The zero-order chi connectivity index (χ0) is 9.30. The third kappa shape index (κ3) is 1.42. The summed E-state index contributed by atoms with van der Waals surface area (Å²) in [7, 11) is 0. The Hall–Kier alpha value is -0.690. The summed E-state index contributed by atoms with van der Waals surface area (Å²) >= 11 is 0. The number of cyclic esters (lactones) is 1. The lowest BCUT2D eigenvalue weighted by Crippen LogP contribution is -2.40. The van der Waals surface area contributed by atoms with Crippen LogP contribution < -0.4 is 0 Å². The number of esters is 1. The monoisotopic (exact) mass is 178 g/mol. The topological polar surface area (TPSA) is 107 Å². The summed E-state index contributed by atoms with van der Waals surface area (Å²) in [6.45, 7) is -0.637. The molecule has 1 rings (SSSR count). The van der Waals surface area contributed by atoms with E-state index in [4.69, 9.17) is 20.4 Å². The van der Waals surface area contributed by atoms with Crippen LogP contribution in [0.1, 0.15) is 0 Å². The van der Waals surface area contributed by atoms with Crippen molar-refractivity contribution in [2.75, 3.05) is 6.61 Å². The molecule has 70 valence electrons. The van der Waals surface area contributed by atoms with Crippen molar-refractivity contribution in [1.29, 1.82) is 0 Å². The fraction of sp³-hybridized carbons (Fsp3) is 0.833. The van der Waals surface area contributed by atoms with Gasteiger partial charge in [-0.1, -0.05) is 0 Å². The minimum Gasteiger partial charge on any atom is -0.455 e. The molecular formula is C6H10O6. The van der Waals surface area contributed by atoms with Gasteiger partial charge in [-0.3, -0.25) is 0 Å². The first-order valence-corrected chi connectivity index (χ1v) is 3.43. The molecule has 0 aromatic carbocycles. The van der Waals surface area contributed by atoms with Crippen LogP contribution in [-0.2, 0) is 9.53 Å². The maximum absolute atomic E-state index is 10.6. The highest BCUT2D eigenvalue weighted by Crippen LogP contribution is 2.18. The van der Waals surface area contributed by atoms with Crippen LogP contribution in [-0.4, -0.2) is 57.4 Å². The first kappa shape index (κ1) is 9.40. The summed E-state index contributed by atoms with van der Waals surface area (Å²) in [6, 6.07) is 0. The third-order valence-electron chi connectivity index (χ3n) is 1.72. The van der Waals surface area contributed by atoms with Gasteiger partial charge in [0.05, 0.1) is 6.61 Å². The summed E-state index contributed by atoms with van der Waals surface area (Å²) in [5.74, 6) is -0.986. The van der Waals surface area contributed by atoms with Gasteiger partial charge in [0.15, 0.2) is 12.2 Å². The molecule has 0 unspecified atom stereocenters. The molecule has 4 N–H and O–H groups in total. The van der Waals surface area contributed by atoms with E-state index in [2.05, 4.69) is 4.74 Å². The summed E-state index contributed by atoms with van der Waals surface area (Å²) in [5, 5.41) is 35.3. The second kappa shape index (κ2) is 3.36. The Balaban J connectivity index is 2.64. The molecule has 0 aromatic heterocycles. The number of ether oxygens (including phenoxy) is 1. The van der Waals surface area contributed by atoms with Gasteiger partial charge in [0, 0.05) is 0 Å². The lowest BCUT2D eigenvalue weighted by Gasteiger charge is -2.17. The normalized spacial score (nSPS) is 38.0. The zero-order valence-corrected chi connectivity index (χ0v) is 6.12. The fourth-order valence-corrected chi connectivity index (χ4v) is 1.00. The first-order valence-electron chi connectivity index (χ1n) is 3.43. The molecular weight excluding hydrogens is 168 g/mol. The van der Waals surface area contributed by atoms with E-state index in [1.54, 1.807) is 0 Å². The summed E-state index contributed by atoms with van der Waals surface area (Å²) < 4.78 is 4.39. The van der Waals surface area contributed by atoms with Crippen LogP contribution in [0.3, 0.4) is 0 Å². The van der Waals surface area contributed by atoms with Gasteiger partial charge >= 0.3 is 5.97 Å². The van der Waals surface area contributed by atoms with Crippen LogP contribution in [0, 0.1) is 0 Å². The van der Waals surface area contributed by atoms with Crippen LogP contribution in [0.2, 0.25) is 0 Å². The van der Waals surface area contributed by atoms with Gasteiger partial charge < -0.3 is 25.2 Å². The Bertz CT molecular complexity index is 181. The van der Waals surface area contributed by atoms with Gasteiger partial charge in [-0.2, -0.15) is 0 Å². The minimum atomic E-state index is -1.63. The smallest absolute Gasteiger partial charge is 0.338 e. The number of aliphatic hydroxyl groups is 4. The van der Waals surface area contributed by atoms with Gasteiger partial charge in [0.2, 0.25) is 0 Å². The average Bonchev–Trinajstić information content (AvgIpc) is 2.32. The highest BCUT2D eigenvalue weighted by atomic mass is 16.6. The van der Waals surface area contributed by atoms with Crippen molar-refractivity contribution in [2.45, 2.75) is 24.4 Å². The fourth-order valence-electron chi connectivity index (χ4n) is 1.00.